The molecule has 0 atom stereocenters. The maximum absolute atomic E-state index is 8.17. The van der Waals surface area contributed by atoms with Gasteiger partial charge in [-0.2, -0.15) is 0 Å². The molecule has 0 radical (unpaired) electrons. The zero-order chi connectivity index (χ0) is 4.28. The molecule has 38 valence electrons. The van der Waals surface area contributed by atoms with E-state index in [4.69, 9.17) is 5.11 Å². The van der Waals surface area contributed by atoms with Gasteiger partial charge in [0.15, 0.2) is 0 Å². The first-order valence-corrected chi connectivity index (χ1v) is 1.64. The molecule has 0 fully saturated rings. The number of aliphatic hydroxyl groups is 1. The second-order valence-corrected chi connectivity index (χ2v) is 0.920. The molecule has 6 heavy (non-hydrogen) atoms. The van der Waals surface area contributed by atoms with E-state index < -0.39 is 0 Å². The molecule has 0 aromatic carbocycles. The molecule has 0 rings (SSSR count). The van der Waals surface area contributed by atoms with Gasteiger partial charge >= 0.3 is 0 Å². The predicted molar refractivity (Wildman–Crippen MR) is 28.8 cm³/mol. The molecule has 0 aliphatic heterocycles. The molecule has 0 spiro atoms. The summed E-state index contributed by atoms with van der Waals surface area (Å²) < 4.78 is 0. The van der Waals surface area contributed by atoms with E-state index in [2.05, 4.69) is 6.58 Å². The Balaban J connectivity index is 0. The van der Waals surface area contributed by atoms with E-state index in [-0.39, 0.29) is 13.2 Å². The highest BCUT2D eigenvalue weighted by Gasteiger charge is 1.70. The summed E-state index contributed by atoms with van der Waals surface area (Å²) in [5.74, 6) is 0.255. The summed E-state index contributed by atoms with van der Waals surface area (Å²) in [4.78, 5) is 0. The first-order valence-electron chi connectivity index (χ1n) is 1.64. The minimum Gasteiger partial charge on any atom is -0.513 e. The summed E-state index contributed by atoms with van der Waals surface area (Å²) in [5.41, 5.74) is 0. The molecule has 1 nitrogen and oxygen atoms in total. The Morgan fingerprint density at radius 1 is 1.83 bits per heavy atom. The van der Waals surface area contributed by atoms with Crippen LogP contribution in [0.5, 0.6) is 0 Å². The maximum Gasteiger partial charge on any atom is 0.0848 e. The molecular weight excluding hydrogens is 76.1 g/mol. The fourth-order valence-corrected chi connectivity index (χ4v) is 0. The minimum absolute atomic E-state index is 0. The summed E-state index contributed by atoms with van der Waals surface area (Å²) in [6.45, 7) is 5.08. The second-order valence-electron chi connectivity index (χ2n) is 0.920. The quantitative estimate of drug-likeness (QED) is 0.487. The smallest absolute Gasteiger partial charge is 0.0848 e. The van der Waals surface area contributed by atoms with E-state index in [1.807, 2.05) is 6.92 Å². The lowest BCUT2D eigenvalue weighted by atomic mass is 10.4. The lowest BCUT2D eigenvalue weighted by Gasteiger charge is -1.80. The van der Waals surface area contributed by atoms with Crippen LogP contribution in [0.4, 0.5) is 0 Å². The topological polar surface area (TPSA) is 20.2 Å². The standard InChI is InChI=1S/C4H8O.CH4/c1-3-4(2)5;/h5H,2-3H2,1H3;1H4. The highest BCUT2D eigenvalue weighted by atomic mass is 16.3. The molecule has 0 heterocycles. The highest BCUT2D eigenvalue weighted by Crippen LogP contribution is 1.84. The number of aliphatic hydroxyl groups excluding tert-OH is 1. The van der Waals surface area contributed by atoms with Gasteiger partial charge in [0.25, 0.3) is 0 Å². The van der Waals surface area contributed by atoms with Crippen LogP contribution in [0.3, 0.4) is 0 Å². The molecule has 0 aromatic rings. The number of rotatable bonds is 1. The Morgan fingerprint density at radius 3 is 2.00 bits per heavy atom. The van der Waals surface area contributed by atoms with Crippen molar-refractivity contribution in [2.24, 2.45) is 0 Å². The van der Waals surface area contributed by atoms with Crippen LogP contribution < -0.4 is 0 Å². The number of hydrogen-bond donors (Lipinski definition) is 1. The molecular formula is C5H12O. The summed E-state index contributed by atoms with van der Waals surface area (Å²) in [7, 11) is 0. The zero-order valence-electron chi connectivity index (χ0n) is 3.36. The average Bonchev–Trinajstić information content (AvgIpc) is 1.38. The van der Waals surface area contributed by atoms with Crippen molar-refractivity contribution in [2.75, 3.05) is 0 Å². The minimum atomic E-state index is 0. The highest BCUT2D eigenvalue weighted by molar-refractivity contribution is 4.74. The fourth-order valence-electron chi connectivity index (χ4n) is 0. The molecule has 0 aliphatic rings. The van der Waals surface area contributed by atoms with E-state index in [1.54, 1.807) is 0 Å². The molecule has 1 heteroatoms. The predicted octanol–water partition coefficient (Wildman–Crippen LogP) is 2.10. The van der Waals surface area contributed by atoms with Crippen LogP contribution in [0, 0.1) is 0 Å². The van der Waals surface area contributed by atoms with Crippen LogP contribution >= 0.6 is 0 Å². The Morgan fingerprint density at radius 2 is 2.00 bits per heavy atom. The van der Waals surface area contributed by atoms with Crippen molar-refractivity contribution in [1.29, 1.82) is 0 Å². The van der Waals surface area contributed by atoms with E-state index in [1.165, 1.54) is 0 Å². The average molecular weight is 88.2 g/mol. The summed E-state index contributed by atoms with van der Waals surface area (Å²) in [6.07, 6.45) is 0.667. The molecule has 0 aromatic heterocycles. The second kappa shape index (κ2) is 4.54. The van der Waals surface area contributed by atoms with Crippen LogP contribution in [0.25, 0.3) is 0 Å². The van der Waals surface area contributed by atoms with E-state index in [0.29, 0.717) is 6.42 Å². The van der Waals surface area contributed by atoms with Crippen molar-refractivity contribution < 1.29 is 5.11 Å². The van der Waals surface area contributed by atoms with Gasteiger partial charge in [-0.25, -0.2) is 0 Å². The van der Waals surface area contributed by atoms with Gasteiger partial charge in [0.1, 0.15) is 0 Å². The van der Waals surface area contributed by atoms with Crippen molar-refractivity contribution in [1.82, 2.24) is 0 Å². The van der Waals surface area contributed by atoms with Gasteiger partial charge in [0.2, 0.25) is 0 Å². The molecule has 0 amide bonds. The van der Waals surface area contributed by atoms with Gasteiger partial charge in [-0.1, -0.05) is 20.9 Å². The van der Waals surface area contributed by atoms with Gasteiger partial charge < -0.3 is 5.11 Å². The van der Waals surface area contributed by atoms with Crippen molar-refractivity contribution in [2.45, 2.75) is 20.8 Å². The molecule has 0 saturated carbocycles. The third-order valence-electron chi connectivity index (χ3n) is 0.408. The first-order chi connectivity index (χ1) is 2.27. The van der Waals surface area contributed by atoms with Crippen LogP contribution in [0.1, 0.15) is 20.8 Å². The Labute approximate surface area is 39.3 Å². The van der Waals surface area contributed by atoms with Crippen LogP contribution in [-0.2, 0) is 0 Å². The van der Waals surface area contributed by atoms with Crippen LogP contribution in [-0.4, -0.2) is 5.11 Å². The number of allylic oxidation sites excluding steroid dienone is 1. The van der Waals surface area contributed by atoms with E-state index in [9.17, 15) is 0 Å². The molecule has 1 N–H and O–H groups in total. The van der Waals surface area contributed by atoms with Crippen LogP contribution in [0.2, 0.25) is 0 Å². The summed E-state index contributed by atoms with van der Waals surface area (Å²) >= 11 is 0. The van der Waals surface area contributed by atoms with Gasteiger partial charge in [-0.05, 0) is 0 Å². The van der Waals surface area contributed by atoms with Crippen molar-refractivity contribution in [3.63, 3.8) is 0 Å². The third kappa shape index (κ3) is 9.63. The van der Waals surface area contributed by atoms with Gasteiger partial charge in [0.05, 0.1) is 5.76 Å². The van der Waals surface area contributed by atoms with Crippen molar-refractivity contribution in [3.05, 3.63) is 12.3 Å². The molecule has 0 unspecified atom stereocenters. The Kier molecular flexibility index (Phi) is 6.89. The molecule has 0 aliphatic carbocycles. The summed E-state index contributed by atoms with van der Waals surface area (Å²) in [6, 6.07) is 0. The van der Waals surface area contributed by atoms with Gasteiger partial charge in [-0.15, -0.1) is 0 Å². The van der Waals surface area contributed by atoms with Crippen molar-refractivity contribution in [3.8, 4) is 0 Å². The van der Waals surface area contributed by atoms with E-state index >= 15 is 0 Å². The normalized spacial score (nSPS) is 6.17. The van der Waals surface area contributed by atoms with Crippen molar-refractivity contribution >= 4 is 0 Å². The fraction of sp³-hybridized carbons (Fsp3) is 0.600. The molecule has 0 saturated heterocycles. The number of hydrogen-bond acceptors (Lipinski definition) is 1. The lowest BCUT2D eigenvalue weighted by molar-refractivity contribution is 0.397. The lowest BCUT2D eigenvalue weighted by Crippen LogP contribution is -1.66. The van der Waals surface area contributed by atoms with Gasteiger partial charge in [-0.3, -0.25) is 0 Å². The summed E-state index contributed by atoms with van der Waals surface area (Å²) in [5, 5.41) is 8.17. The third-order valence-corrected chi connectivity index (χ3v) is 0.408. The van der Waals surface area contributed by atoms with E-state index in [0.717, 1.165) is 0 Å². The maximum atomic E-state index is 8.17. The zero-order valence-corrected chi connectivity index (χ0v) is 3.36. The first kappa shape index (κ1) is 9.11. The largest absolute Gasteiger partial charge is 0.513 e. The monoisotopic (exact) mass is 88.1 g/mol. The SMILES string of the molecule is C.C=C(O)CC. The van der Waals surface area contributed by atoms with Crippen LogP contribution in [0.15, 0.2) is 12.3 Å². The molecule has 0 bridgehead atoms. The Hall–Kier alpha value is -0.460. The Bertz CT molecular complexity index is 39.2. The van der Waals surface area contributed by atoms with Gasteiger partial charge in [0, 0.05) is 6.42 Å².